The van der Waals surface area contributed by atoms with E-state index in [4.69, 9.17) is 16.3 Å². The number of nitro benzene ring substituents is 1. The van der Waals surface area contributed by atoms with Gasteiger partial charge in [0.2, 0.25) is 5.75 Å². The average Bonchev–Trinajstić information content (AvgIpc) is 3.41. The van der Waals surface area contributed by atoms with Gasteiger partial charge in [-0.05, 0) is 40.2 Å². The summed E-state index contributed by atoms with van der Waals surface area (Å²) in [5.41, 5.74) is -0.158. The molecule has 2 aromatic carbocycles. The highest BCUT2D eigenvalue weighted by molar-refractivity contribution is 9.10. The maximum atomic E-state index is 14.1. The summed E-state index contributed by atoms with van der Waals surface area (Å²) in [5, 5.41) is 22.2. The fourth-order valence-corrected chi connectivity index (χ4v) is 3.66. The fourth-order valence-electron chi connectivity index (χ4n) is 3.02. The van der Waals surface area contributed by atoms with Crippen molar-refractivity contribution in [2.24, 2.45) is 0 Å². The Bertz CT molecular complexity index is 1410. The number of anilines is 1. The highest BCUT2D eigenvalue weighted by atomic mass is 79.9. The summed E-state index contributed by atoms with van der Waals surface area (Å²) in [4.78, 5) is 23.0. The van der Waals surface area contributed by atoms with E-state index in [1.54, 1.807) is 12.3 Å². The van der Waals surface area contributed by atoms with Gasteiger partial charge in [0.15, 0.2) is 18.2 Å². The lowest BCUT2D eigenvalue weighted by Crippen LogP contribution is -2.15. The van der Waals surface area contributed by atoms with Crippen LogP contribution < -0.4 is 10.1 Å². The van der Waals surface area contributed by atoms with E-state index in [0.717, 1.165) is 18.2 Å². The van der Waals surface area contributed by atoms with Crippen molar-refractivity contribution < 1.29 is 23.2 Å². The molecule has 0 spiro atoms. The SMILES string of the molecule is O=C(Nc1nn(Cc2c(F)cccc2Cl)cc1Br)c1ccn(COc2cc(F)ccc2[N+](=O)[O-])n1. The van der Waals surface area contributed by atoms with E-state index in [1.807, 2.05) is 0 Å². The second kappa shape index (κ2) is 10.2. The molecule has 0 unspecified atom stereocenters. The molecular formula is C21H14BrClF2N6O4. The van der Waals surface area contributed by atoms with Crippen molar-refractivity contribution in [3.8, 4) is 5.75 Å². The summed E-state index contributed by atoms with van der Waals surface area (Å²) in [5.74, 6) is -1.89. The fraction of sp³-hybridized carbons (Fsp3) is 0.0952. The number of hydrogen-bond acceptors (Lipinski definition) is 6. The molecule has 10 nitrogen and oxygen atoms in total. The molecule has 0 atom stereocenters. The van der Waals surface area contributed by atoms with Gasteiger partial charge in [-0.3, -0.25) is 19.6 Å². The predicted octanol–water partition coefficient (Wildman–Crippen LogP) is 5.02. The smallest absolute Gasteiger partial charge is 0.311 e. The number of halogens is 4. The van der Waals surface area contributed by atoms with Crippen molar-refractivity contribution in [1.29, 1.82) is 0 Å². The average molecular weight is 568 g/mol. The number of nitrogens with one attached hydrogen (secondary N) is 1. The Morgan fingerprint density at radius 2 is 2.00 bits per heavy atom. The number of rotatable bonds is 8. The Morgan fingerprint density at radius 3 is 2.74 bits per heavy atom. The van der Waals surface area contributed by atoms with Crippen LogP contribution in [-0.2, 0) is 13.3 Å². The molecule has 0 aliphatic heterocycles. The van der Waals surface area contributed by atoms with Crippen LogP contribution in [0.1, 0.15) is 16.1 Å². The lowest BCUT2D eigenvalue weighted by atomic mass is 10.2. The van der Waals surface area contributed by atoms with Crippen molar-refractivity contribution >= 4 is 44.9 Å². The molecule has 0 aliphatic rings. The van der Waals surface area contributed by atoms with E-state index >= 15 is 0 Å². The van der Waals surface area contributed by atoms with Gasteiger partial charge in [-0.25, -0.2) is 13.5 Å². The number of benzene rings is 2. The van der Waals surface area contributed by atoms with Crippen molar-refractivity contribution in [2.75, 3.05) is 5.32 Å². The molecular weight excluding hydrogens is 554 g/mol. The van der Waals surface area contributed by atoms with Crippen LogP contribution in [0.15, 0.2) is 59.3 Å². The standard InChI is InChI=1S/C21H14BrClF2N6O4/c22-14-10-30(9-13-15(23)2-1-3-16(13)25)28-20(14)26-21(32)17-6-7-29(27-17)11-35-19-8-12(24)4-5-18(19)31(33)34/h1-8,10H,9,11H2,(H,26,28,32). The number of hydrogen-bond donors (Lipinski definition) is 1. The third-order valence-electron chi connectivity index (χ3n) is 4.67. The van der Waals surface area contributed by atoms with Crippen LogP contribution in [0.2, 0.25) is 5.02 Å². The van der Waals surface area contributed by atoms with Crippen LogP contribution in [0.25, 0.3) is 0 Å². The monoisotopic (exact) mass is 566 g/mol. The molecule has 4 aromatic rings. The highest BCUT2D eigenvalue weighted by Crippen LogP contribution is 2.28. The van der Waals surface area contributed by atoms with Gasteiger partial charge in [0.1, 0.15) is 11.6 Å². The lowest BCUT2D eigenvalue weighted by molar-refractivity contribution is -0.386. The van der Waals surface area contributed by atoms with E-state index in [0.29, 0.717) is 4.47 Å². The molecule has 14 heteroatoms. The van der Waals surface area contributed by atoms with Gasteiger partial charge >= 0.3 is 5.69 Å². The van der Waals surface area contributed by atoms with Gasteiger partial charge < -0.3 is 10.1 Å². The third-order valence-corrected chi connectivity index (χ3v) is 5.61. The Hall–Kier alpha value is -3.84. The van der Waals surface area contributed by atoms with Gasteiger partial charge in [-0.2, -0.15) is 10.2 Å². The predicted molar refractivity (Wildman–Crippen MR) is 124 cm³/mol. The molecule has 2 aromatic heterocycles. The van der Waals surface area contributed by atoms with Gasteiger partial charge in [-0.1, -0.05) is 17.7 Å². The number of nitro groups is 1. The minimum atomic E-state index is -0.701. The molecule has 1 N–H and O–H groups in total. The molecule has 0 saturated heterocycles. The molecule has 0 saturated carbocycles. The second-order valence-corrected chi connectivity index (χ2v) is 8.32. The molecule has 4 rings (SSSR count). The zero-order valence-corrected chi connectivity index (χ0v) is 19.8. The van der Waals surface area contributed by atoms with Crippen LogP contribution in [-0.4, -0.2) is 30.4 Å². The van der Waals surface area contributed by atoms with Gasteiger partial charge in [0.25, 0.3) is 5.91 Å². The number of carbonyl (C=O) groups excluding carboxylic acids is 1. The zero-order valence-electron chi connectivity index (χ0n) is 17.5. The van der Waals surface area contributed by atoms with Crippen LogP contribution in [0.4, 0.5) is 20.3 Å². The molecule has 35 heavy (non-hydrogen) atoms. The zero-order chi connectivity index (χ0) is 25.1. The molecule has 0 radical (unpaired) electrons. The first-order valence-electron chi connectivity index (χ1n) is 9.78. The summed E-state index contributed by atoms with van der Waals surface area (Å²) < 4.78 is 35.8. The van der Waals surface area contributed by atoms with Crippen molar-refractivity contribution in [3.05, 3.63) is 97.4 Å². The van der Waals surface area contributed by atoms with Crippen LogP contribution in [0, 0.1) is 21.7 Å². The van der Waals surface area contributed by atoms with Crippen LogP contribution >= 0.6 is 27.5 Å². The number of nitrogens with zero attached hydrogens (tertiary/aromatic N) is 5. The maximum absolute atomic E-state index is 14.1. The summed E-state index contributed by atoms with van der Waals surface area (Å²) in [6, 6.07) is 8.56. The molecule has 0 aliphatic carbocycles. The largest absolute Gasteiger partial charge is 0.464 e. The summed E-state index contributed by atoms with van der Waals surface area (Å²) in [6.07, 6.45) is 2.96. The molecule has 180 valence electrons. The quantitative estimate of drug-likeness (QED) is 0.236. The Kier molecular flexibility index (Phi) is 7.07. The summed E-state index contributed by atoms with van der Waals surface area (Å²) in [6.45, 7) is -0.266. The molecule has 1 amide bonds. The number of amides is 1. The van der Waals surface area contributed by atoms with Crippen molar-refractivity contribution in [3.63, 3.8) is 0 Å². The Morgan fingerprint density at radius 1 is 1.20 bits per heavy atom. The van der Waals surface area contributed by atoms with Crippen molar-refractivity contribution in [1.82, 2.24) is 19.6 Å². The van der Waals surface area contributed by atoms with E-state index in [9.17, 15) is 23.7 Å². The normalized spacial score (nSPS) is 10.9. The first kappa shape index (κ1) is 24.3. The first-order chi connectivity index (χ1) is 16.7. The van der Waals surface area contributed by atoms with Gasteiger partial charge in [-0.15, -0.1) is 0 Å². The van der Waals surface area contributed by atoms with E-state index in [-0.39, 0.29) is 41.1 Å². The number of aromatic nitrogens is 4. The van der Waals surface area contributed by atoms with E-state index < -0.39 is 28.2 Å². The van der Waals surface area contributed by atoms with Gasteiger partial charge in [0.05, 0.1) is 15.9 Å². The van der Waals surface area contributed by atoms with Crippen LogP contribution in [0.3, 0.4) is 0 Å². The number of ether oxygens (including phenoxy) is 1. The summed E-state index contributed by atoms with van der Waals surface area (Å²) >= 11 is 9.35. The molecule has 2 heterocycles. The van der Waals surface area contributed by atoms with Crippen LogP contribution in [0.5, 0.6) is 5.75 Å². The van der Waals surface area contributed by atoms with Crippen molar-refractivity contribution in [2.45, 2.75) is 13.3 Å². The molecule has 0 bridgehead atoms. The Labute approximate surface area is 209 Å². The maximum Gasteiger partial charge on any atom is 0.311 e. The third kappa shape index (κ3) is 5.63. The van der Waals surface area contributed by atoms with E-state index in [1.165, 1.54) is 33.8 Å². The highest BCUT2D eigenvalue weighted by Gasteiger charge is 2.18. The first-order valence-corrected chi connectivity index (χ1v) is 11.0. The number of carbonyl (C=O) groups is 1. The second-order valence-electron chi connectivity index (χ2n) is 7.06. The summed E-state index contributed by atoms with van der Waals surface area (Å²) in [7, 11) is 0. The van der Waals surface area contributed by atoms with E-state index in [2.05, 4.69) is 31.4 Å². The Balaban J connectivity index is 1.42. The molecule has 0 fully saturated rings. The minimum absolute atomic E-state index is 0.000871. The lowest BCUT2D eigenvalue weighted by Gasteiger charge is -2.07. The van der Waals surface area contributed by atoms with Gasteiger partial charge in [0, 0.05) is 35.1 Å². The topological polar surface area (TPSA) is 117 Å². The minimum Gasteiger partial charge on any atom is -0.464 e.